The van der Waals surface area contributed by atoms with Crippen molar-refractivity contribution in [1.29, 1.82) is 0 Å². The standard InChI is InChI=1S/C20H19N3O2/c1-14-10-12-21-23(14)16-8-6-15(7-9-16)20(24)22-18-11-13-25-19-5-3-2-4-17(18)19/h2-10,12,18H,11,13H2,1H3,(H,22,24)/t18-/m0/s1. The van der Waals surface area contributed by atoms with Gasteiger partial charge in [0, 0.05) is 29.4 Å². The number of amides is 1. The summed E-state index contributed by atoms with van der Waals surface area (Å²) in [6, 6.07) is 17.3. The average molecular weight is 333 g/mol. The fourth-order valence-corrected chi connectivity index (χ4v) is 3.13. The summed E-state index contributed by atoms with van der Waals surface area (Å²) < 4.78 is 7.49. The van der Waals surface area contributed by atoms with Crippen LogP contribution in [0.4, 0.5) is 0 Å². The largest absolute Gasteiger partial charge is 0.493 e. The molecule has 5 nitrogen and oxygen atoms in total. The Balaban J connectivity index is 1.52. The fraction of sp³-hybridized carbons (Fsp3) is 0.200. The molecule has 3 aromatic rings. The van der Waals surface area contributed by atoms with Crippen molar-refractivity contribution in [3.05, 3.63) is 77.6 Å². The number of benzene rings is 2. The van der Waals surface area contributed by atoms with Gasteiger partial charge in [-0.1, -0.05) is 18.2 Å². The Kier molecular flexibility index (Phi) is 3.98. The molecule has 0 aliphatic carbocycles. The van der Waals surface area contributed by atoms with E-state index < -0.39 is 0 Å². The third-order valence-corrected chi connectivity index (χ3v) is 4.47. The second-order valence-corrected chi connectivity index (χ2v) is 6.13. The SMILES string of the molecule is Cc1ccnn1-c1ccc(C(=O)N[C@H]2CCOc3ccccc32)cc1. The summed E-state index contributed by atoms with van der Waals surface area (Å²) in [6.07, 6.45) is 2.53. The molecule has 2 aromatic carbocycles. The number of carbonyl (C=O) groups excluding carboxylic acids is 1. The molecule has 0 radical (unpaired) electrons. The number of hydrogen-bond acceptors (Lipinski definition) is 3. The number of aryl methyl sites for hydroxylation is 1. The molecule has 0 spiro atoms. The molecule has 1 aliphatic rings. The first-order valence-electron chi connectivity index (χ1n) is 8.36. The Hall–Kier alpha value is -3.08. The molecule has 0 unspecified atom stereocenters. The van der Waals surface area contributed by atoms with E-state index in [0.717, 1.165) is 29.1 Å². The number of rotatable bonds is 3. The zero-order chi connectivity index (χ0) is 17.2. The topological polar surface area (TPSA) is 56.2 Å². The van der Waals surface area contributed by atoms with Crippen molar-refractivity contribution in [3.63, 3.8) is 0 Å². The number of fused-ring (bicyclic) bond motifs is 1. The molecule has 1 aliphatic heterocycles. The third-order valence-electron chi connectivity index (χ3n) is 4.47. The number of para-hydroxylation sites is 1. The summed E-state index contributed by atoms with van der Waals surface area (Å²) in [6.45, 7) is 2.61. The molecule has 1 aromatic heterocycles. The van der Waals surface area contributed by atoms with Crippen LogP contribution in [0.5, 0.6) is 5.75 Å². The lowest BCUT2D eigenvalue weighted by molar-refractivity contribution is 0.0925. The highest BCUT2D eigenvalue weighted by Crippen LogP contribution is 2.31. The zero-order valence-electron chi connectivity index (χ0n) is 14.0. The van der Waals surface area contributed by atoms with Crippen molar-refractivity contribution < 1.29 is 9.53 Å². The zero-order valence-corrected chi connectivity index (χ0v) is 14.0. The molecule has 2 heterocycles. The number of carbonyl (C=O) groups is 1. The van der Waals surface area contributed by atoms with Crippen LogP contribution in [-0.2, 0) is 0 Å². The van der Waals surface area contributed by atoms with Gasteiger partial charge in [0.2, 0.25) is 0 Å². The lowest BCUT2D eigenvalue weighted by Gasteiger charge is -2.26. The molecule has 25 heavy (non-hydrogen) atoms. The van der Waals surface area contributed by atoms with E-state index in [1.807, 2.05) is 66.2 Å². The normalized spacial score (nSPS) is 16.0. The van der Waals surface area contributed by atoms with Crippen LogP contribution >= 0.6 is 0 Å². The lowest BCUT2D eigenvalue weighted by atomic mass is 10.00. The Morgan fingerprint density at radius 2 is 1.96 bits per heavy atom. The van der Waals surface area contributed by atoms with Crippen molar-refractivity contribution in [2.24, 2.45) is 0 Å². The van der Waals surface area contributed by atoms with Gasteiger partial charge >= 0.3 is 0 Å². The predicted octanol–water partition coefficient (Wildman–Crippen LogP) is 3.43. The average Bonchev–Trinajstić information content (AvgIpc) is 3.08. The van der Waals surface area contributed by atoms with Gasteiger partial charge in [-0.15, -0.1) is 0 Å². The number of nitrogens with zero attached hydrogens (tertiary/aromatic N) is 2. The summed E-state index contributed by atoms with van der Waals surface area (Å²) >= 11 is 0. The van der Waals surface area contributed by atoms with Crippen LogP contribution in [0.3, 0.4) is 0 Å². The van der Waals surface area contributed by atoms with Crippen molar-refractivity contribution in [1.82, 2.24) is 15.1 Å². The van der Waals surface area contributed by atoms with E-state index in [1.165, 1.54) is 0 Å². The van der Waals surface area contributed by atoms with Crippen molar-refractivity contribution in [3.8, 4) is 11.4 Å². The molecule has 4 rings (SSSR count). The monoisotopic (exact) mass is 333 g/mol. The molecular weight excluding hydrogens is 314 g/mol. The Labute approximate surface area is 146 Å². The van der Waals surface area contributed by atoms with Gasteiger partial charge in [0.25, 0.3) is 5.91 Å². The second-order valence-electron chi connectivity index (χ2n) is 6.13. The van der Waals surface area contributed by atoms with E-state index in [1.54, 1.807) is 6.20 Å². The molecule has 0 saturated carbocycles. The van der Waals surface area contributed by atoms with E-state index in [0.29, 0.717) is 12.2 Å². The maximum absolute atomic E-state index is 12.6. The predicted molar refractivity (Wildman–Crippen MR) is 95.1 cm³/mol. The van der Waals surface area contributed by atoms with Gasteiger partial charge in [0.05, 0.1) is 18.3 Å². The third kappa shape index (κ3) is 3.01. The lowest BCUT2D eigenvalue weighted by Crippen LogP contribution is -2.32. The smallest absolute Gasteiger partial charge is 0.251 e. The molecule has 1 atom stereocenters. The van der Waals surface area contributed by atoms with E-state index >= 15 is 0 Å². The van der Waals surface area contributed by atoms with Gasteiger partial charge in [0.1, 0.15) is 5.75 Å². The van der Waals surface area contributed by atoms with Crippen molar-refractivity contribution in [2.45, 2.75) is 19.4 Å². The summed E-state index contributed by atoms with van der Waals surface area (Å²) in [5, 5.41) is 7.40. The molecule has 0 saturated heterocycles. The van der Waals surface area contributed by atoms with E-state index in [4.69, 9.17) is 4.74 Å². The molecular formula is C20H19N3O2. The van der Waals surface area contributed by atoms with Gasteiger partial charge in [-0.05, 0) is 43.3 Å². The fourth-order valence-electron chi connectivity index (χ4n) is 3.13. The summed E-state index contributed by atoms with van der Waals surface area (Å²) in [5.74, 6) is 0.772. The molecule has 126 valence electrons. The van der Waals surface area contributed by atoms with E-state index in [-0.39, 0.29) is 11.9 Å². The highest BCUT2D eigenvalue weighted by atomic mass is 16.5. The van der Waals surface area contributed by atoms with Gasteiger partial charge in [0.15, 0.2) is 0 Å². The number of ether oxygens (including phenoxy) is 1. The van der Waals surface area contributed by atoms with Gasteiger partial charge in [-0.2, -0.15) is 5.10 Å². The molecule has 0 fully saturated rings. The van der Waals surface area contributed by atoms with Gasteiger partial charge in [-0.3, -0.25) is 4.79 Å². The quantitative estimate of drug-likeness (QED) is 0.799. The van der Waals surface area contributed by atoms with Crippen molar-refractivity contribution in [2.75, 3.05) is 6.61 Å². The summed E-state index contributed by atoms with van der Waals surface area (Å²) in [5.41, 5.74) is 3.66. The Morgan fingerprint density at radius 1 is 1.16 bits per heavy atom. The van der Waals surface area contributed by atoms with Crippen LogP contribution in [0.25, 0.3) is 5.69 Å². The minimum absolute atomic E-state index is 0.0227. The van der Waals surface area contributed by atoms with Crippen LogP contribution in [0.2, 0.25) is 0 Å². The van der Waals surface area contributed by atoms with Crippen LogP contribution in [0.1, 0.15) is 34.1 Å². The van der Waals surface area contributed by atoms with Crippen LogP contribution in [0, 0.1) is 6.92 Å². The highest BCUT2D eigenvalue weighted by Gasteiger charge is 2.23. The van der Waals surface area contributed by atoms with E-state index in [2.05, 4.69) is 10.4 Å². The van der Waals surface area contributed by atoms with Crippen LogP contribution < -0.4 is 10.1 Å². The molecule has 5 heteroatoms. The molecule has 0 bridgehead atoms. The minimum atomic E-state index is -0.0783. The van der Waals surface area contributed by atoms with Crippen molar-refractivity contribution >= 4 is 5.91 Å². The number of nitrogens with one attached hydrogen (secondary N) is 1. The Morgan fingerprint density at radius 3 is 2.72 bits per heavy atom. The first-order valence-corrected chi connectivity index (χ1v) is 8.36. The maximum Gasteiger partial charge on any atom is 0.251 e. The number of hydrogen-bond donors (Lipinski definition) is 1. The maximum atomic E-state index is 12.6. The van der Waals surface area contributed by atoms with Gasteiger partial charge in [-0.25, -0.2) is 4.68 Å². The molecule has 1 amide bonds. The second kappa shape index (κ2) is 6.43. The minimum Gasteiger partial charge on any atom is -0.493 e. The Bertz CT molecular complexity index is 899. The number of aromatic nitrogens is 2. The van der Waals surface area contributed by atoms with Crippen LogP contribution in [0.15, 0.2) is 60.8 Å². The first-order chi connectivity index (χ1) is 12.2. The van der Waals surface area contributed by atoms with Crippen LogP contribution in [-0.4, -0.2) is 22.3 Å². The summed E-state index contributed by atoms with van der Waals surface area (Å²) in [4.78, 5) is 12.6. The first kappa shape index (κ1) is 15.4. The highest BCUT2D eigenvalue weighted by molar-refractivity contribution is 5.94. The van der Waals surface area contributed by atoms with Gasteiger partial charge < -0.3 is 10.1 Å². The molecule has 1 N–H and O–H groups in total. The van der Waals surface area contributed by atoms with E-state index in [9.17, 15) is 4.79 Å². The summed E-state index contributed by atoms with van der Waals surface area (Å²) in [7, 11) is 0.